The monoisotopic (exact) mass is 500 g/mol. The van der Waals surface area contributed by atoms with Crippen LogP contribution in [0.1, 0.15) is 71.7 Å². The molecule has 0 unspecified atom stereocenters. The van der Waals surface area contributed by atoms with Gasteiger partial charge in [0.1, 0.15) is 12.6 Å². The van der Waals surface area contributed by atoms with Crippen molar-refractivity contribution in [3.63, 3.8) is 0 Å². The molecule has 1 saturated heterocycles. The Bertz CT molecular complexity index is 1030. The van der Waals surface area contributed by atoms with Crippen molar-refractivity contribution < 1.29 is 14.1 Å². The van der Waals surface area contributed by atoms with E-state index in [1.165, 1.54) is 0 Å². The number of hydrogen-bond donors (Lipinski definition) is 0. The summed E-state index contributed by atoms with van der Waals surface area (Å²) in [6.45, 7) is 13.3. The molecule has 7 nitrogen and oxygen atoms in total. The van der Waals surface area contributed by atoms with Gasteiger partial charge in [-0.15, -0.1) is 6.58 Å². The van der Waals surface area contributed by atoms with Crippen LogP contribution in [0.25, 0.3) is 11.4 Å². The Balaban J connectivity index is 1.71. The van der Waals surface area contributed by atoms with E-state index in [0.717, 1.165) is 31.2 Å². The number of aromatic nitrogens is 2. The highest BCUT2D eigenvalue weighted by atomic mass is 35.5. The van der Waals surface area contributed by atoms with E-state index in [4.69, 9.17) is 16.1 Å². The summed E-state index contributed by atoms with van der Waals surface area (Å²) in [5, 5.41) is 4.71. The fourth-order valence-corrected chi connectivity index (χ4v) is 5.00. The van der Waals surface area contributed by atoms with Gasteiger partial charge in [0.25, 0.3) is 0 Å². The Labute approximate surface area is 213 Å². The maximum Gasteiger partial charge on any atom is 0.249 e. The molecule has 0 N–H and O–H groups in total. The molecular formula is C27H37ClN4O3. The van der Waals surface area contributed by atoms with Crippen LogP contribution in [0.4, 0.5) is 0 Å². The standard InChI is InChI=1S/C27H37ClN4O3/c1-6-13-31(23(33)15-19(2)17-27(3,4)5)18-24(34)32-14-8-7-12-22(32)26-29-25(30-35-26)20-10-9-11-21(28)16-20/h6,9-11,16,19,22H,1,7-8,12-15,17-18H2,2-5H3/t19-,22-/m0/s1. The van der Waals surface area contributed by atoms with Crippen LogP contribution in [0.15, 0.2) is 41.4 Å². The third-order valence-electron chi connectivity index (χ3n) is 6.14. The topological polar surface area (TPSA) is 79.5 Å². The second-order valence-electron chi connectivity index (χ2n) is 10.7. The van der Waals surface area contributed by atoms with Gasteiger partial charge in [-0.2, -0.15) is 4.98 Å². The highest BCUT2D eigenvalue weighted by Gasteiger charge is 2.33. The summed E-state index contributed by atoms with van der Waals surface area (Å²) in [6.07, 6.45) is 5.62. The third-order valence-corrected chi connectivity index (χ3v) is 6.38. The molecule has 1 aliphatic heterocycles. The van der Waals surface area contributed by atoms with Crippen LogP contribution in [0, 0.1) is 11.3 Å². The van der Waals surface area contributed by atoms with Crippen LogP contribution in [-0.4, -0.2) is 51.4 Å². The number of amides is 2. The van der Waals surface area contributed by atoms with Gasteiger partial charge in [-0.25, -0.2) is 0 Å². The summed E-state index contributed by atoms with van der Waals surface area (Å²) >= 11 is 6.10. The van der Waals surface area contributed by atoms with Crippen LogP contribution in [0.3, 0.4) is 0 Å². The van der Waals surface area contributed by atoms with E-state index < -0.39 is 0 Å². The molecule has 35 heavy (non-hydrogen) atoms. The SMILES string of the molecule is C=CCN(CC(=O)N1CCCC[C@H]1c1nc(-c2cccc(Cl)c2)no1)C(=O)C[C@H](C)CC(C)(C)C. The lowest BCUT2D eigenvalue weighted by atomic mass is 9.84. The van der Waals surface area contributed by atoms with Gasteiger partial charge < -0.3 is 14.3 Å². The predicted molar refractivity (Wildman–Crippen MR) is 138 cm³/mol. The lowest BCUT2D eigenvalue weighted by Crippen LogP contribution is -2.46. The summed E-state index contributed by atoms with van der Waals surface area (Å²) < 4.78 is 5.58. The zero-order valence-electron chi connectivity index (χ0n) is 21.3. The number of carbonyl (C=O) groups excluding carboxylic acids is 2. The summed E-state index contributed by atoms with van der Waals surface area (Å²) in [7, 11) is 0. The minimum Gasteiger partial charge on any atom is -0.337 e. The molecule has 1 aliphatic rings. The summed E-state index contributed by atoms with van der Waals surface area (Å²) in [6, 6.07) is 6.95. The van der Waals surface area contributed by atoms with Gasteiger partial charge in [-0.1, -0.05) is 62.7 Å². The third kappa shape index (κ3) is 7.66. The molecular weight excluding hydrogens is 464 g/mol. The first kappa shape index (κ1) is 26.9. The first-order chi connectivity index (χ1) is 16.6. The van der Waals surface area contributed by atoms with Gasteiger partial charge >= 0.3 is 0 Å². The van der Waals surface area contributed by atoms with Crippen molar-refractivity contribution in [3.05, 3.63) is 47.8 Å². The zero-order chi connectivity index (χ0) is 25.6. The van der Waals surface area contributed by atoms with E-state index in [0.29, 0.717) is 36.2 Å². The lowest BCUT2D eigenvalue weighted by molar-refractivity contribution is -0.143. The minimum atomic E-state index is -0.308. The van der Waals surface area contributed by atoms with E-state index >= 15 is 0 Å². The predicted octanol–water partition coefficient (Wildman–Crippen LogP) is 5.92. The van der Waals surface area contributed by atoms with Crippen molar-refractivity contribution in [1.82, 2.24) is 19.9 Å². The van der Waals surface area contributed by atoms with Crippen molar-refractivity contribution >= 4 is 23.4 Å². The molecule has 0 radical (unpaired) electrons. The normalized spacial score (nSPS) is 17.2. The Morgan fingerprint density at radius 1 is 1.34 bits per heavy atom. The van der Waals surface area contributed by atoms with E-state index in [1.807, 2.05) is 12.1 Å². The Hall–Kier alpha value is -2.67. The van der Waals surface area contributed by atoms with E-state index in [1.54, 1.807) is 28.0 Å². The number of rotatable bonds is 9. The molecule has 8 heteroatoms. The quantitative estimate of drug-likeness (QED) is 0.399. The Kier molecular flexibility index (Phi) is 9.11. The Morgan fingerprint density at radius 2 is 2.11 bits per heavy atom. The van der Waals surface area contributed by atoms with Gasteiger partial charge in [-0.3, -0.25) is 9.59 Å². The van der Waals surface area contributed by atoms with Gasteiger partial charge in [0.15, 0.2) is 0 Å². The van der Waals surface area contributed by atoms with Crippen molar-refractivity contribution in [3.8, 4) is 11.4 Å². The lowest BCUT2D eigenvalue weighted by Gasteiger charge is -2.35. The van der Waals surface area contributed by atoms with Crippen LogP contribution < -0.4 is 0 Å². The maximum absolute atomic E-state index is 13.4. The first-order valence-electron chi connectivity index (χ1n) is 12.3. The second kappa shape index (κ2) is 11.8. The minimum absolute atomic E-state index is 0.0128. The Morgan fingerprint density at radius 3 is 2.80 bits per heavy atom. The summed E-state index contributed by atoms with van der Waals surface area (Å²) in [5.74, 6) is 0.946. The van der Waals surface area contributed by atoms with Gasteiger partial charge in [-0.05, 0) is 49.1 Å². The fraction of sp³-hybridized carbons (Fsp3) is 0.556. The molecule has 2 aromatic rings. The first-order valence-corrected chi connectivity index (χ1v) is 12.7. The molecule has 0 bridgehead atoms. The maximum atomic E-state index is 13.4. The molecule has 0 saturated carbocycles. The molecule has 0 aliphatic carbocycles. The average Bonchev–Trinajstić information content (AvgIpc) is 3.27. The molecule has 1 aromatic carbocycles. The summed E-state index contributed by atoms with van der Waals surface area (Å²) in [4.78, 5) is 34.4. The second-order valence-corrected chi connectivity index (χ2v) is 11.1. The van der Waals surface area contributed by atoms with Gasteiger partial charge in [0.05, 0.1) is 0 Å². The molecule has 190 valence electrons. The molecule has 2 amide bonds. The molecule has 2 atom stereocenters. The highest BCUT2D eigenvalue weighted by Crippen LogP contribution is 2.32. The van der Waals surface area contributed by atoms with Crippen LogP contribution in [-0.2, 0) is 9.59 Å². The number of nitrogens with zero attached hydrogens (tertiary/aromatic N) is 4. The molecule has 1 aromatic heterocycles. The van der Waals surface area contributed by atoms with Crippen LogP contribution in [0.2, 0.25) is 5.02 Å². The zero-order valence-corrected chi connectivity index (χ0v) is 22.1. The van der Waals surface area contributed by atoms with Gasteiger partial charge in [0, 0.05) is 30.1 Å². The average molecular weight is 501 g/mol. The molecule has 0 spiro atoms. The van der Waals surface area contributed by atoms with Gasteiger partial charge in [0.2, 0.25) is 23.5 Å². The van der Waals surface area contributed by atoms with E-state index in [9.17, 15) is 9.59 Å². The largest absolute Gasteiger partial charge is 0.337 e. The van der Waals surface area contributed by atoms with E-state index in [-0.39, 0.29) is 35.7 Å². The highest BCUT2D eigenvalue weighted by molar-refractivity contribution is 6.30. The van der Waals surface area contributed by atoms with Crippen LogP contribution >= 0.6 is 11.6 Å². The van der Waals surface area contributed by atoms with Crippen molar-refractivity contribution in [2.75, 3.05) is 19.6 Å². The smallest absolute Gasteiger partial charge is 0.249 e. The number of likely N-dealkylation sites (tertiary alicyclic amines) is 1. The van der Waals surface area contributed by atoms with Crippen molar-refractivity contribution in [2.24, 2.45) is 11.3 Å². The fourth-order valence-electron chi connectivity index (χ4n) is 4.81. The number of piperidine rings is 1. The molecule has 1 fully saturated rings. The number of halogens is 1. The number of benzene rings is 1. The van der Waals surface area contributed by atoms with E-state index in [2.05, 4.69) is 44.4 Å². The number of hydrogen-bond acceptors (Lipinski definition) is 5. The molecule has 2 heterocycles. The van der Waals surface area contributed by atoms with Crippen molar-refractivity contribution in [1.29, 1.82) is 0 Å². The molecule has 3 rings (SSSR count). The summed E-state index contributed by atoms with van der Waals surface area (Å²) in [5.41, 5.74) is 0.904. The number of carbonyl (C=O) groups is 2. The van der Waals surface area contributed by atoms with Crippen LogP contribution in [0.5, 0.6) is 0 Å². The van der Waals surface area contributed by atoms with Crippen molar-refractivity contribution in [2.45, 2.75) is 65.8 Å².